The standard InChI is InChI=1S/C21H23FN4O3/c1-3-29-20(27)12-26-18-6-4-13(22)8-16(18)17-9-14(5-7-19(17)26)25-21-23-10-15(28-2)11-24-21/h4,6,8,10-11,14H,3,5,7,9,12H2,1-2H3,(H,23,24,25)/t14-/m0/s1. The van der Waals surface area contributed by atoms with Crippen LogP contribution in [0.25, 0.3) is 10.9 Å². The highest BCUT2D eigenvalue weighted by Gasteiger charge is 2.27. The number of hydrogen-bond acceptors (Lipinski definition) is 6. The van der Waals surface area contributed by atoms with Crippen molar-refractivity contribution in [3.63, 3.8) is 0 Å². The van der Waals surface area contributed by atoms with Crippen molar-refractivity contribution in [2.75, 3.05) is 19.0 Å². The topological polar surface area (TPSA) is 78.3 Å². The van der Waals surface area contributed by atoms with Crippen molar-refractivity contribution < 1.29 is 18.7 Å². The van der Waals surface area contributed by atoms with Gasteiger partial charge >= 0.3 is 5.97 Å². The third kappa shape index (κ3) is 3.87. The van der Waals surface area contributed by atoms with E-state index in [2.05, 4.69) is 15.3 Å². The Morgan fingerprint density at radius 3 is 2.86 bits per heavy atom. The summed E-state index contributed by atoms with van der Waals surface area (Å²) in [4.78, 5) is 20.6. The number of ether oxygens (including phenoxy) is 2. The molecule has 0 bridgehead atoms. The van der Waals surface area contributed by atoms with E-state index in [1.807, 2.05) is 4.57 Å². The normalized spacial score (nSPS) is 15.8. The summed E-state index contributed by atoms with van der Waals surface area (Å²) in [5.74, 6) is 0.547. The molecule has 0 unspecified atom stereocenters. The first-order valence-corrected chi connectivity index (χ1v) is 9.66. The van der Waals surface area contributed by atoms with Gasteiger partial charge in [-0.05, 0) is 49.9 Å². The van der Waals surface area contributed by atoms with E-state index in [-0.39, 0.29) is 24.4 Å². The summed E-state index contributed by atoms with van der Waals surface area (Å²) in [7, 11) is 1.57. The number of carbonyl (C=O) groups is 1. The molecule has 1 aliphatic carbocycles. The third-order valence-electron chi connectivity index (χ3n) is 5.22. The van der Waals surface area contributed by atoms with Crippen LogP contribution < -0.4 is 10.1 Å². The van der Waals surface area contributed by atoms with E-state index in [4.69, 9.17) is 9.47 Å². The Bertz CT molecular complexity index is 1030. The number of fused-ring (bicyclic) bond motifs is 3. The average Bonchev–Trinajstić information content (AvgIpc) is 3.01. The molecule has 1 aromatic carbocycles. The fourth-order valence-corrected chi connectivity index (χ4v) is 3.94. The highest BCUT2D eigenvalue weighted by molar-refractivity contribution is 5.87. The van der Waals surface area contributed by atoms with E-state index >= 15 is 0 Å². The summed E-state index contributed by atoms with van der Waals surface area (Å²) in [6, 6.07) is 4.82. The second-order valence-corrected chi connectivity index (χ2v) is 7.01. The van der Waals surface area contributed by atoms with Crippen molar-refractivity contribution in [1.29, 1.82) is 0 Å². The predicted octanol–water partition coefficient (Wildman–Crippen LogP) is 3.11. The molecular formula is C21H23FN4O3. The van der Waals surface area contributed by atoms with Crippen LogP contribution in [0.4, 0.5) is 10.3 Å². The van der Waals surface area contributed by atoms with Gasteiger partial charge in [0.25, 0.3) is 0 Å². The van der Waals surface area contributed by atoms with E-state index < -0.39 is 0 Å². The lowest BCUT2D eigenvalue weighted by atomic mass is 9.91. The minimum atomic E-state index is -0.290. The monoisotopic (exact) mass is 398 g/mol. The summed E-state index contributed by atoms with van der Waals surface area (Å²) in [6.45, 7) is 2.25. The van der Waals surface area contributed by atoms with Crippen LogP contribution in [0, 0.1) is 5.82 Å². The number of rotatable bonds is 6. The van der Waals surface area contributed by atoms with Gasteiger partial charge in [-0.25, -0.2) is 14.4 Å². The van der Waals surface area contributed by atoms with Gasteiger partial charge in [0.1, 0.15) is 12.4 Å². The SMILES string of the molecule is CCOC(=O)Cn1c2c(c3cc(F)ccc31)C[C@@H](Nc1ncc(OC)cn1)CC2. The first kappa shape index (κ1) is 19.2. The van der Waals surface area contributed by atoms with Gasteiger partial charge in [0.05, 0.1) is 26.1 Å². The molecule has 3 aromatic rings. The van der Waals surface area contributed by atoms with Crippen LogP contribution in [0.5, 0.6) is 5.75 Å². The molecule has 8 heteroatoms. The van der Waals surface area contributed by atoms with Crippen LogP contribution >= 0.6 is 0 Å². The first-order chi connectivity index (χ1) is 14.1. The molecule has 1 aliphatic rings. The number of nitrogens with zero attached hydrogens (tertiary/aromatic N) is 3. The Morgan fingerprint density at radius 1 is 1.34 bits per heavy atom. The van der Waals surface area contributed by atoms with Gasteiger partial charge in [-0.1, -0.05) is 0 Å². The minimum absolute atomic E-state index is 0.112. The Labute approximate surface area is 167 Å². The van der Waals surface area contributed by atoms with Crippen molar-refractivity contribution >= 4 is 22.8 Å². The van der Waals surface area contributed by atoms with Gasteiger partial charge in [0, 0.05) is 22.6 Å². The van der Waals surface area contributed by atoms with Gasteiger partial charge in [0.2, 0.25) is 5.95 Å². The quantitative estimate of drug-likeness (QED) is 0.643. The van der Waals surface area contributed by atoms with Gasteiger partial charge < -0.3 is 19.4 Å². The molecule has 7 nitrogen and oxygen atoms in total. The van der Waals surface area contributed by atoms with Gasteiger partial charge in [-0.15, -0.1) is 0 Å². The number of esters is 1. The van der Waals surface area contributed by atoms with Crippen LogP contribution in [-0.4, -0.2) is 40.3 Å². The highest BCUT2D eigenvalue weighted by Crippen LogP contribution is 2.33. The van der Waals surface area contributed by atoms with Crippen LogP contribution in [0.2, 0.25) is 0 Å². The van der Waals surface area contributed by atoms with E-state index in [1.165, 1.54) is 6.07 Å². The molecule has 0 saturated heterocycles. The lowest BCUT2D eigenvalue weighted by Crippen LogP contribution is -2.29. The molecule has 0 amide bonds. The smallest absolute Gasteiger partial charge is 0.325 e. The van der Waals surface area contributed by atoms with E-state index in [9.17, 15) is 9.18 Å². The predicted molar refractivity (Wildman–Crippen MR) is 107 cm³/mol. The molecule has 0 saturated carbocycles. The second kappa shape index (κ2) is 8.06. The molecule has 2 heterocycles. The second-order valence-electron chi connectivity index (χ2n) is 7.01. The Balaban J connectivity index is 1.63. The van der Waals surface area contributed by atoms with Crippen molar-refractivity contribution in [2.24, 2.45) is 0 Å². The number of aromatic nitrogens is 3. The van der Waals surface area contributed by atoms with E-state index in [1.54, 1.807) is 38.6 Å². The summed E-state index contributed by atoms with van der Waals surface area (Å²) in [6.07, 6.45) is 5.54. The van der Waals surface area contributed by atoms with Crippen LogP contribution in [-0.2, 0) is 28.9 Å². The molecule has 1 atom stereocenters. The van der Waals surface area contributed by atoms with Crippen molar-refractivity contribution in [1.82, 2.24) is 14.5 Å². The van der Waals surface area contributed by atoms with E-state index in [0.29, 0.717) is 24.7 Å². The molecular weight excluding hydrogens is 375 g/mol. The molecule has 2 aromatic heterocycles. The van der Waals surface area contributed by atoms with E-state index in [0.717, 1.165) is 35.0 Å². The van der Waals surface area contributed by atoms with Crippen molar-refractivity contribution in [2.45, 2.75) is 38.8 Å². The zero-order valence-corrected chi connectivity index (χ0v) is 16.4. The highest BCUT2D eigenvalue weighted by atomic mass is 19.1. The zero-order chi connectivity index (χ0) is 20.4. The Kier molecular flexibility index (Phi) is 5.33. The van der Waals surface area contributed by atoms with Crippen LogP contribution in [0.3, 0.4) is 0 Å². The summed E-state index contributed by atoms with van der Waals surface area (Å²) in [5.41, 5.74) is 2.97. The number of hydrogen-bond donors (Lipinski definition) is 1. The summed E-state index contributed by atoms with van der Waals surface area (Å²) in [5, 5.41) is 4.19. The van der Waals surface area contributed by atoms with Crippen molar-refractivity contribution in [3.05, 3.63) is 47.7 Å². The van der Waals surface area contributed by atoms with Crippen molar-refractivity contribution in [3.8, 4) is 5.75 Å². The average molecular weight is 398 g/mol. The fraction of sp³-hybridized carbons (Fsp3) is 0.381. The summed E-state index contributed by atoms with van der Waals surface area (Å²) < 4.78 is 26.1. The molecule has 29 heavy (non-hydrogen) atoms. The van der Waals surface area contributed by atoms with Gasteiger partial charge in [0.15, 0.2) is 5.75 Å². The maximum absolute atomic E-state index is 14.0. The first-order valence-electron chi connectivity index (χ1n) is 9.66. The Morgan fingerprint density at radius 2 is 2.14 bits per heavy atom. The number of halogens is 1. The number of anilines is 1. The van der Waals surface area contributed by atoms with Crippen LogP contribution in [0.1, 0.15) is 24.6 Å². The van der Waals surface area contributed by atoms with Gasteiger partial charge in [-0.3, -0.25) is 4.79 Å². The number of methoxy groups -OCH3 is 1. The van der Waals surface area contributed by atoms with Crippen LogP contribution in [0.15, 0.2) is 30.6 Å². The fourth-order valence-electron chi connectivity index (χ4n) is 3.94. The maximum Gasteiger partial charge on any atom is 0.325 e. The number of carbonyl (C=O) groups excluding carboxylic acids is 1. The molecule has 152 valence electrons. The minimum Gasteiger partial charge on any atom is -0.494 e. The third-order valence-corrected chi connectivity index (χ3v) is 5.22. The maximum atomic E-state index is 14.0. The number of nitrogens with one attached hydrogen (secondary N) is 1. The lowest BCUT2D eigenvalue weighted by Gasteiger charge is -2.25. The molecule has 1 N–H and O–H groups in total. The molecule has 0 fully saturated rings. The molecule has 0 aliphatic heterocycles. The van der Waals surface area contributed by atoms with Gasteiger partial charge in [-0.2, -0.15) is 0 Å². The Hall–Kier alpha value is -3.16. The lowest BCUT2D eigenvalue weighted by molar-refractivity contribution is -0.143. The molecule has 0 spiro atoms. The number of benzene rings is 1. The molecule has 4 rings (SSSR count). The summed E-state index contributed by atoms with van der Waals surface area (Å²) >= 11 is 0. The molecule has 0 radical (unpaired) electrons. The largest absolute Gasteiger partial charge is 0.494 e. The zero-order valence-electron chi connectivity index (χ0n) is 16.4.